The zero-order chi connectivity index (χ0) is 11.6. The second-order valence-corrected chi connectivity index (χ2v) is 5.34. The average molecular weight is 229 g/mol. The summed E-state index contributed by atoms with van der Waals surface area (Å²) >= 11 is 0. The van der Waals surface area contributed by atoms with Crippen molar-refractivity contribution in [1.82, 2.24) is 4.31 Å². The SMILES string of the molecule is CN(C)S(=N)(=O)c1ccc([N+](=O)[O-])cc1. The number of rotatable bonds is 3. The minimum Gasteiger partial charge on any atom is -0.258 e. The molecule has 6 nitrogen and oxygen atoms in total. The van der Waals surface area contributed by atoms with Gasteiger partial charge in [-0.05, 0) is 12.1 Å². The highest BCUT2D eigenvalue weighted by Crippen LogP contribution is 2.18. The molecule has 1 unspecified atom stereocenters. The van der Waals surface area contributed by atoms with Crippen molar-refractivity contribution >= 4 is 15.6 Å². The Bertz CT molecular complexity index is 464. The molecule has 0 saturated carbocycles. The molecule has 1 aromatic rings. The van der Waals surface area contributed by atoms with Gasteiger partial charge in [-0.15, -0.1) is 0 Å². The summed E-state index contributed by atoms with van der Waals surface area (Å²) < 4.78 is 20.6. The maximum absolute atomic E-state index is 11.8. The Morgan fingerprint density at radius 3 is 2.13 bits per heavy atom. The van der Waals surface area contributed by atoms with Crippen LogP contribution in [0.15, 0.2) is 29.2 Å². The molecule has 0 aromatic heterocycles. The van der Waals surface area contributed by atoms with E-state index >= 15 is 0 Å². The van der Waals surface area contributed by atoms with E-state index in [2.05, 4.69) is 0 Å². The Morgan fingerprint density at radius 1 is 1.33 bits per heavy atom. The maximum Gasteiger partial charge on any atom is 0.269 e. The van der Waals surface area contributed by atoms with Crippen molar-refractivity contribution in [2.75, 3.05) is 14.1 Å². The lowest BCUT2D eigenvalue weighted by Crippen LogP contribution is -2.20. The fourth-order valence-corrected chi connectivity index (χ4v) is 1.89. The van der Waals surface area contributed by atoms with Crippen LogP contribution in [0.4, 0.5) is 5.69 Å². The number of nitrogens with zero attached hydrogens (tertiary/aromatic N) is 2. The minimum atomic E-state index is -3.01. The van der Waals surface area contributed by atoms with Gasteiger partial charge in [0.05, 0.1) is 9.82 Å². The zero-order valence-corrected chi connectivity index (χ0v) is 9.15. The van der Waals surface area contributed by atoms with Crippen molar-refractivity contribution in [1.29, 1.82) is 4.78 Å². The predicted octanol–water partition coefficient (Wildman–Crippen LogP) is 1.48. The van der Waals surface area contributed by atoms with Crippen LogP contribution >= 0.6 is 0 Å². The molecule has 0 aliphatic rings. The third kappa shape index (κ3) is 2.31. The average Bonchev–Trinajstić information content (AvgIpc) is 2.17. The maximum atomic E-state index is 11.8. The monoisotopic (exact) mass is 229 g/mol. The van der Waals surface area contributed by atoms with Gasteiger partial charge >= 0.3 is 0 Å². The van der Waals surface area contributed by atoms with Crippen molar-refractivity contribution in [2.45, 2.75) is 4.90 Å². The predicted molar refractivity (Wildman–Crippen MR) is 55.9 cm³/mol. The molecular formula is C8H11N3O3S. The van der Waals surface area contributed by atoms with Crippen molar-refractivity contribution in [3.05, 3.63) is 34.4 Å². The third-order valence-corrected chi connectivity index (χ3v) is 3.82. The first-order valence-corrected chi connectivity index (χ1v) is 5.58. The van der Waals surface area contributed by atoms with Gasteiger partial charge in [0, 0.05) is 26.2 Å². The molecule has 0 fully saturated rings. The summed E-state index contributed by atoms with van der Waals surface area (Å²) in [5.41, 5.74) is -0.0762. The second-order valence-electron chi connectivity index (χ2n) is 3.09. The van der Waals surface area contributed by atoms with Gasteiger partial charge in [-0.1, -0.05) is 0 Å². The summed E-state index contributed by atoms with van der Waals surface area (Å²) in [6.45, 7) is 0. The molecule has 0 amide bonds. The molecule has 1 atom stereocenters. The van der Waals surface area contributed by atoms with Gasteiger partial charge in [-0.25, -0.2) is 13.3 Å². The Labute approximate surface area is 87.8 Å². The largest absolute Gasteiger partial charge is 0.269 e. The normalized spacial score (nSPS) is 14.9. The van der Waals surface area contributed by atoms with E-state index in [0.29, 0.717) is 0 Å². The van der Waals surface area contributed by atoms with Crippen molar-refractivity contribution in [3.63, 3.8) is 0 Å². The van der Waals surface area contributed by atoms with E-state index in [-0.39, 0.29) is 10.6 Å². The Morgan fingerprint density at radius 2 is 1.80 bits per heavy atom. The molecule has 0 spiro atoms. The van der Waals surface area contributed by atoms with Gasteiger partial charge in [0.1, 0.15) is 9.92 Å². The summed E-state index contributed by atoms with van der Waals surface area (Å²) in [4.78, 5) is 10.1. The van der Waals surface area contributed by atoms with Gasteiger partial charge < -0.3 is 0 Å². The quantitative estimate of drug-likeness (QED) is 0.629. The smallest absolute Gasteiger partial charge is 0.258 e. The van der Waals surface area contributed by atoms with E-state index in [1.165, 1.54) is 42.7 Å². The fraction of sp³-hybridized carbons (Fsp3) is 0.250. The molecular weight excluding hydrogens is 218 g/mol. The van der Waals surface area contributed by atoms with Crippen LogP contribution in [0.5, 0.6) is 0 Å². The molecule has 0 heterocycles. The fourth-order valence-electron chi connectivity index (χ4n) is 0.963. The highest BCUT2D eigenvalue weighted by molar-refractivity contribution is 7.90. The van der Waals surface area contributed by atoms with Crippen LogP contribution in [0.2, 0.25) is 0 Å². The lowest BCUT2D eigenvalue weighted by Gasteiger charge is -2.14. The minimum absolute atomic E-state index is 0.0762. The highest BCUT2D eigenvalue weighted by atomic mass is 32.2. The molecule has 0 saturated heterocycles. The first-order chi connectivity index (χ1) is 6.85. The van der Waals surface area contributed by atoms with E-state index in [1.807, 2.05) is 0 Å². The number of nitrogens with one attached hydrogen (secondary N) is 1. The van der Waals surface area contributed by atoms with Crippen LogP contribution in [0.3, 0.4) is 0 Å². The lowest BCUT2D eigenvalue weighted by molar-refractivity contribution is -0.384. The molecule has 7 heteroatoms. The van der Waals surface area contributed by atoms with Crippen molar-refractivity contribution in [2.24, 2.45) is 0 Å². The van der Waals surface area contributed by atoms with Gasteiger partial charge in [0.25, 0.3) is 5.69 Å². The van der Waals surface area contributed by atoms with Crippen molar-refractivity contribution < 1.29 is 9.13 Å². The number of nitro benzene ring substituents is 1. The number of benzene rings is 1. The molecule has 0 radical (unpaired) electrons. The van der Waals surface area contributed by atoms with E-state index in [0.717, 1.165) is 0 Å². The van der Waals surface area contributed by atoms with Gasteiger partial charge in [-0.2, -0.15) is 0 Å². The summed E-state index contributed by atoms with van der Waals surface area (Å²) in [7, 11) is 0.0405. The van der Waals surface area contributed by atoms with Crippen LogP contribution in [-0.2, 0) is 9.92 Å². The first kappa shape index (κ1) is 11.6. The topological polar surface area (TPSA) is 87.3 Å². The molecule has 0 aliphatic heterocycles. The van der Waals surface area contributed by atoms with Crippen molar-refractivity contribution in [3.8, 4) is 0 Å². The van der Waals surface area contributed by atoms with Crippen LogP contribution in [0.1, 0.15) is 0 Å². The number of nitro groups is 1. The van der Waals surface area contributed by atoms with E-state index < -0.39 is 14.8 Å². The van der Waals surface area contributed by atoms with Crippen LogP contribution in [0.25, 0.3) is 0 Å². The van der Waals surface area contributed by atoms with Gasteiger partial charge in [-0.3, -0.25) is 10.1 Å². The first-order valence-electron chi connectivity index (χ1n) is 4.06. The second kappa shape index (κ2) is 3.95. The summed E-state index contributed by atoms with van der Waals surface area (Å²) in [6.07, 6.45) is 0. The van der Waals surface area contributed by atoms with Gasteiger partial charge in [0.15, 0.2) is 0 Å². The molecule has 15 heavy (non-hydrogen) atoms. The number of hydrogen-bond acceptors (Lipinski definition) is 4. The Hall–Kier alpha value is -1.47. The Kier molecular flexibility index (Phi) is 3.06. The summed E-state index contributed by atoms with van der Waals surface area (Å²) in [5, 5.41) is 10.4. The summed E-state index contributed by atoms with van der Waals surface area (Å²) in [5.74, 6) is 0. The lowest BCUT2D eigenvalue weighted by atomic mass is 10.3. The molecule has 1 rings (SSSR count). The van der Waals surface area contributed by atoms with Crippen LogP contribution < -0.4 is 0 Å². The third-order valence-electron chi connectivity index (χ3n) is 1.88. The zero-order valence-electron chi connectivity index (χ0n) is 8.34. The molecule has 0 aliphatic carbocycles. The van der Waals surface area contributed by atoms with E-state index in [1.54, 1.807) is 0 Å². The van der Waals surface area contributed by atoms with Crippen LogP contribution in [-0.4, -0.2) is 27.5 Å². The van der Waals surface area contributed by atoms with E-state index in [4.69, 9.17) is 4.78 Å². The van der Waals surface area contributed by atoms with E-state index in [9.17, 15) is 14.3 Å². The number of non-ortho nitro benzene ring substituents is 1. The summed E-state index contributed by atoms with van der Waals surface area (Å²) in [6, 6.07) is 5.17. The molecule has 1 N–H and O–H groups in total. The number of hydrogen-bond donors (Lipinski definition) is 1. The highest BCUT2D eigenvalue weighted by Gasteiger charge is 2.14. The molecule has 0 bridgehead atoms. The Balaban J connectivity index is 3.15. The van der Waals surface area contributed by atoms with Crippen LogP contribution in [0, 0.1) is 14.9 Å². The standard InChI is InChI=1S/C8H11N3O3S/c1-10(2)15(9,14)8-5-3-7(4-6-8)11(12)13/h3-6,9H,1-2H3. The van der Waals surface area contributed by atoms with Gasteiger partial charge in [0.2, 0.25) is 0 Å². The molecule has 1 aromatic carbocycles. The molecule has 82 valence electrons.